The Hall–Kier alpha value is -1.39. The van der Waals surface area contributed by atoms with Crippen molar-refractivity contribution in [1.82, 2.24) is 15.4 Å². The number of hydrogen-bond acceptors (Lipinski definition) is 3. The summed E-state index contributed by atoms with van der Waals surface area (Å²) in [5, 5.41) is 0. The van der Waals surface area contributed by atoms with E-state index in [1.54, 1.807) is 13.4 Å². The molecule has 0 atom stereocenters. The second-order valence-electron chi connectivity index (χ2n) is 2.78. The standard InChI is InChI=1S/C9H11N3O/c1-13-12-5-7-2-3-8-9(4-7)11-6-10-8/h2-4,6,12H,5H2,1H3,(H,10,11). The first-order valence-corrected chi connectivity index (χ1v) is 4.08. The van der Waals surface area contributed by atoms with Crippen molar-refractivity contribution in [3.8, 4) is 0 Å². The SMILES string of the molecule is CONCc1ccc2nc[nH]c2c1. The molecule has 0 radical (unpaired) electrons. The minimum Gasteiger partial charge on any atom is -0.345 e. The maximum atomic E-state index is 4.76. The predicted molar refractivity (Wildman–Crippen MR) is 49.9 cm³/mol. The van der Waals surface area contributed by atoms with Gasteiger partial charge in [-0.15, -0.1) is 0 Å². The fourth-order valence-electron chi connectivity index (χ4n) is 1.25. The molecule has 0 saturated carbocycles. The van der Waals surface area contributed by atoms with E-state index in [9.17, 15) is 0 Å². The molecule has 2 rings (SSSR count). The number of aromatic nitrogens is 2. The van der Waals surface area contributed by atoms with Gasteiger partial charge in [-0.1, -0.05) is 6.07 Å². The number of imidazole rings is 1. The molecule has 13 heavy (non-hydrogen) atoms. The highest BCUT2D eigenvalue weighted by Gasteiger charge is 1.97. The fourth-order valence-corrected chi connectivity index (χ4v) is 1.25. The van der Waals surface area contributed by atoms with Gasteiger partial charge < -0.3 is 9.82 Å². The third-order valence-electron chi connectivity index (χ3n) is 1.91. The van der Waals surface area contributed by atoms with Crippen LogP contribution in [0.2, 0.25) is 0 Å². The molecule has 1 aromatic carbocycles. The average Bonchev–Trinajstić information content (AvgIpc) is 2.61. The zero-order valence-corrected chi connectivity index (χ0v) is 7.37. The Labute approximate surface area is 75.9 Å². The van der Waals surface area contributed by atoms with Crippen molar-refractivity contribution >= 4 is 11.0 Å². The van der Waals surface area contributed by atoms with Crippen molar-refractivity contribution < 1.29 is 4.84 Å². The molecule has 4 heteroatoms. The van der Waals surface area contributed by atoms with Gasteiger partial charge in [-0.2, -0.15) is 5.48 Å². The first kappa shape index (κ1) is 8.22. The van der Waals surface area contributed by atoms with Crippen LogP contribution in [0.1, 0.15) is 5.56 Å². The molecule has 0 aliphatic rings. The van der Waals surface area contributed by atoms with Gasteiger partial charge in [-0.3, -0.25) is 0 Å². The summed E-state index contributed by atoms with van der Waals surface area (Å²) in [4.78, 5) is 12.0. The highest BCUT2D eigenvalue weighted by atomic mass is 16.6. The van der Waals surface area contributed by atoms with Gasteiger partial charge >= 0.3 is 0 Å². The minimum absolute atomic E-state index is 0.700. The maximum Gasteiger partial charge on any atom is 0.0931 e. The van der Waals surface area contributed by atoms with Crippen LogP contribution in [0.5, 0.6) is 0 Å². The lowest BCUT2D eigenvalue weighted by molar-refractivity contribution is 0.0867. The highest BCUT2D eigenvalue weighted by molar-refractivity contribution is 5.74. The van der Waals surface area contributed by atoms with Gasteiger partial charge in [-0.25, -0.2) is 4.98 Å². The van der Waals surface area contributed by atoms with Crippen molar-refractivity contribution in [2.75, 3.05) is 7.11 Å². The van der Waals surface area contributed by atoms with Gasteiger partial charge in [0.1, 0.15) is 0 Å². The van der Waals surface area contributed by atoms with Crippen molar-refractivity contribution in [2.45, 2.75) is 6.54 Å². The molecule has 0 saturated heterocycles. The summed E-state index contributed by atoms with van der Waals surface area (Å²) < 4.78 is 0. The first-order valence-electron chi connectivity index (χ1n) is 4.08. The molecule has 68 valence electrons. The third kappa shape index (κ3) is 1.68. The summed E-state index contributed by atoms with van der Waals surface area (Å²) >= 11 is 0. The maximum absolute atomic E-state index is 4.76. The number of rotatable bonds is 3. The smallest absolute Gasteiger partial charge is 0.0931 e. The molecule has 1 heterocycles. The number of hydrogen-bond donors (Lipinski definition) is 2. The van der Waals surface area contributed by atoms with Crippen LogP contribution in [-0.4, -0.2) is 17.1 Å². The summed E-state index contributed by atoms with van der Waals surface area (Å²) in [7, 11) is 1.61. The Balaban J connectivity index is 2.26. The summed E-state index contributed by atoms with van der Waals surface area (Å²) in [6, 6.07) is 6.06. The summed E-state index contributed by atoms with van der Waals surface area (Å²) in [5.74, 6) is 0. The van der Waals surface area contributed by atoms with Gasteiger partial charge in [0.05, 0.1) is 24.5 Å². The average molecular weight is 177 g/mol. The number of benzene rings is 1. The summed E-state index contributed by atoms with van der Waals surface area (Å²) in [6.07, 6.45) is 1.69. The number of fused-ring (bicyclic) bond motifs is 1. The molecular weight excluding hydrogens is 166 g/mol. The lowest BCUT2D eigenvalue weighted by atomic mass is 10.2. The van der Waals surface area contributed by atoms with E-state index < -0.39 is 0 Å². The van der Waals surface area contributed by atoms with E-state index in [-0.39, 0.29) is 0 Å². The molecule has 1 aromatic heterocycles. The molecule has 0 aliphatic carbocycles. The molecule has 0 spiro atoms. The number of nitrogens with zero attached hydrogens (tertiary/aromatic N) is 1. The van der Waals surface area contributed by atoms with Crippen molar-refractivity contribution in [2.24, 2.45) is 0 Å². The van der Waals surface area contributed by atoms with Crippen molar-refractivity contribution in [1.29, 1.82) is 0 Å². The van der Waals surface area contributed by atoms with Crippen molar-refractivity contribution in [3.63, 3.8) is 0 Å². The van der Waals surface area contributed by atoms with E-state index in [4.69, 9.17) is 4.84 Å². The Kier molecular flexibility index (Phi) is 2.25. The number of hydroxylamine groups is 1. The fraction of sp³-hybridized carbons (Fsp3) is 0.222. The van der Waals surface area contributed by atoms with Gasteiger partial charge in [0, 0.05) is 6.54 Å². The lowest BCUT2D eigenvalue weighted by Gasteiger charge is -2.01. The van der Waals surface area contributed by atoms with Crippen LogP contribution >= 0.6 is 0 Å². The zero-order chi connectivity index (χ0) is 9.10. The molecule has 4 nitrogen and oxygen atoms in total. The number of H-pyrrole nitrogens is 1. The topological polar surface area (TPSA) is 49.9 Å². The molecule has 2 aromatic rings. The molecular formula is C9H11N3O. The van der Waals surface area contributed by atoms with E-state index in [2.05, 4.69) is 15.4 Å². The van der Waals surface area contributed by atoms with Gasteiger partial charge in [0.2, 0.25) is 0 Å². The Morgan fingerprint density at radius 1 is 1.54 bits per heavy atom. The quantitative estimate of drug-likeness (QED) is 0.693. The van der Waals surface area contributed by atoms with Crippen LogP contribution in [0.4, 0.5) is 0 Å². The van der Waals surface area contributed by atoms with Gasteiger partial charge in [0.25, 0.3) is 0 Å². The number of nitrogens with one attached hydrogen (secondary N) is 2. The molecule has 0 amide bonds. The Morgan fingerprint density at radius 3 is 3.31 bits per heavy atom. The summed E-state index contributed by atoms with van der Waals surface area (Å²) in [5.41, 5.74) is 5.99. The van der Waals surface area contributed by atoms with Crippen LogP contribution in [0, 0.1) is 0 Å². The molecule has 0 bridgehead atoms. The lowest BCUT2D eigenvalue weighted by Crippen LogP contribution is -2.10. The van der Waals surface area contributed by atoms with E-state index in [0.29, 0.717) is 6.54 Å². The first-order chi connectivity index (χ1) is 6.40. The van der Waals surface area contributed by atoms with Gasteiger partial charge in [-0.05, 0) is 17.7 Å². The number of aromatic amines is 1. The summed E-state index contributed by atoms with van der Waals surface area (Å²) in [6.45, 7) is 0.700. The highest BCUT2D eigenvalue weighted by Crippen LogP contribution is 2.10. The normalized spacial score (nSPS) is 10.8. The van der Waals surface area contributed by atoms with Crippen LogP contribution in [0.3, 0.4) is 0 Å². The predicted octanol–water partition coefficient (Wildman–Crippen LogP) is 1.21. The van der Waals surface area contributed by atoms with E-state index in [1.165, 1.54) is 5.56 Å². The van der Waals surface area contributed by atoms with Gasteiger partial charge in [0.15, 0.2) is 0 Å². The van der Waals surface area contributed by atoms with Crippen LogP contribution in [-0.2, 0) is 11.4 Å². The second-order valence-corrected chi connectivity index (χ2v) is 2.78. The van der Waals surface area contributed by atoms with E-state index in [0.717, 1.165) is 11.0 Å². The van der Waals surface area contributed by atoms with Crippen LogP contribution in [0.25, 0.3) is 11.0 Å². The minimum atomic E-state index is 0.700. The molecule has 2 N–H and O–H groups in total. The monoisotopic (exact) mass is 177 g/mol. The second kappa shape index (κ2) is 3.55. The van der Waals surface area contributed by atoms with Crippen LogP contribution in [0.15, 0.2) is 24.5 Å². The zero-order valence-electron chi connectivity index (χ0n) is 7.37. The van der Waals surface area contributed by atoms with Crippen LogP contribution < -0.4 is 5.48 Å². The largest absolute Gasteiger partial charge is 0.345 e. The molecule has 0 unspecified atom stereocenters. The van der Waals surface area contributed by atoms with E-state index in [1.807, 2.05) is 18.2 Å². The molecule has 0 fully saturated rings. The Morgan fingerprint density at radius 2 is 2.46 bits per heavy atom. The van der Waals surface area contributed by atoms with E-state index >= 15 is 0 Å². The third-order valence-corrected chi connectivity index (χ3v) is 1.91. The molecule has 0 aliphatic heterocycles. The Bertz CT molecular complexity index is 396. The van der Waals surface area contributed by atoms with Crippen molar-refractivity contribution in [3.05, 3.63) is 30.1 Å².